The van der Waals surface area contributed by atoms with E-state index in [-0.39, 0.29) is 10.8 Å². The van der Waals surface area contributed by atoms with Gasteiger partial charge in [-0.25, -0.2) is 0 Å². The zero-order valence-electron chi connectivity index (χ0n) is 7.44. The minimum absolute atomic E-state index is 0.0849. The SMILES string of the molecule is C/C=C(\C)c1cc(Cl)cc(Cl)c1O. The average Bonchev–Trinajstić information content (AvgIpc) is 2.10. The second-order valence-corrected chi connectivity index (χ2v) is 3.60. The maximum Gasteiger partial charge on any atom is 0.141 e. The number of hydrogen-bond donors (Lipinski definition) is 1. The van der Waals surface area contributed by atoms with Gasteiger partial charge in [0, 0.05) is 10.6 Å². The Balaban J connectivity index is 3.37. The Morgan fingerprint density at radius 1 is 1.38 bits per heavy atom. The summed E-state index contributed by atoms with van der Waals surface area (Å²) in [5.74, 6) is 0.0849. The molecule has 0 bridgehead atoms. The highest BCUT2D eigenvalue weighted by atomic mass is 35.5. The first-order chi connectivity index (χ1) is 6.06. The molecule has 70 valence electrons. The molecule has 0 aliphatic rings. The highest BCUT2D eigenvalue weighted by Crippen LogP contribution is 2.34. The Morgan fingerprint density at radius 3 is 2.54 bits per heavy atom. The van der Waals surface area contributed by atoms with E-state index in [9.17, 15) is 5.11 Å². The average molecular weight is 217 g/mol. The Labute approximate surface area is 87.6 Å². The summed E-state index contributed by atoms with van der Waals surface area (Å²) in [7, 11) is 0. The zero-order chi connectivity index (χ0) is 10.0. The third kappa shape index (κ3) is 2.17. The van der Waals surface area contributed by atoms with Gasteiger partial charge in [-0.2, -0.15) is 0 Å². The Kier molecular flexibility index (Phi) is 3.23. The molecule has 0 atom stereocenters. The number of halogens is 2. The summed E-state index contributed by atoms with van der Waals surface area (Å²) >= 11 is 11.6. The van der Waals surface area contributed by atoms with Crippen LogP contribution in [0.25, 0.3) is 5.57 Å². The number of benzene rings is 1. The lowest BCUT2D eigenvalue weighted by atomic mass is 10.1. The first-order valence-electron chi connectivity index (χ1n) is 3.87. The molecule has 0 unspecified atom stereocenters. The van der Waals surface area contributed by atoms with Crippen molar-refractivity contribution in [1.82, 2.24) is 0 Å². The van der Waals surface area contributed by atoms with Gasteiger partial charge in [-0.15, -0.1) is 0 Å². The van der Waals surface area contributed by atoms with E-state index < -0.39 is 0 Å². The summed E-state index contributed by atoms with van der Waals surface area (Å²) in [6.07, 6.45) is 1.89. The lowest BCUT2D eigenvalue weighted by molar-refractivity contribution is 0.474. The smallest absolute Gasteiger partial charge is 0.141 e. The third-order valence-electron chi connectivity index (χ3n) is 1.89. The predicted octanol–water partition coefficient (Wildman–Crippen LogP) is 4.12. The summed E-state index contributed by atoms with van der Waals surface area (Å²) in [6, 6.07) is 3.21. The van der Waals surface area contributed by atoms with Crippen LogP contribution in [0.15, 0.2) is 18.2 Å². The molecular weight excluding hydrogens is 207 g/mol. The molecule has 0 radical (unpaired) electrons. The van der Waals surface area contributed by atoms with Gasteiger partial charge in [0.1, 0.15) is 5.75 Å². The van der Waals surface area contributed by atoms with Crippen LogP contribution in [0.4, 0.5) is 0 Å². The molecule has 3 heteroatoms. The highest BCUT2D eigenvalue weighted by molar-refractivity contribution is 6.35. The van der Waals surface area contributed by atoms with Gasteiger partial charge in [0.25, 0.3) is 0 Å². The van der Waals surface area contributed by atoms with Crippen molar-refractivity contribution in [3.05, 3.63) is 33.8 Å². The number of aromatic hydroxyl groups is 1. The van der Waals surface area contributed by atoms with Crippen molar-refractivity contribution in [1.29, 1.82) is 0 Å². The van der Waals surface area contributed by atoms with Gasteiger partial charge in [0.2, 0.25) is 0 Å². The molecular formula is C10H10Cl2O. The number of rotatable bonds is 1. The van der Waals surface area contributed by atoms with Crippen molar-refractivity contribution in [2.24, 2.45) is 0 Å². The van der Waals surface area contributed by atoms with E-state index in [0.29, 0.717) is 10.6 Å². The first kappa shape index (κ1) is 10.4. The minimum Gasteiger partial charge on any atom is -0.506 e. The second-order valence-electron chi connectivity index (χ2n) is 2.76. The van der Waals surface area contributed by atoms with E-state index in [1.54, 1.807) is 6.07 Å². The van der Waals surface area contributed by atoms with Gasteiger partial charge < -0.3 is 5.11 Å². The van der Waals surface area contributed by atoms with Crippen molar-refractivity contribution in [3.8, 4) is 5.75 Å². The number of hydrogen-bond acceptors (Lipinski definition) is 1. The molecule has 0 amide bonds. The standard InChI is InChI=1S/C10H10Cl2O/c1-3-6(2)8-4-7(11)5-9(12)10(8)13/h3-5,13H,1-2H3/b6-3+. The van der Waals surface area contributed by atoms with Crippen LogP contribution in [0.2, 0.25) is 10.0 Å². The van der Waals surface area contributed by atoms with Crippen LogP contribution in [-0.4, -0.2) is 5.11 Å². The van der Waals surface area contributed by atoms with E-state index in [1.807, 2.05) is 19.9 Å². The van der Waals surface area contributed by atoms with Gasteiger partial charge in [-0.3, -0.25) is 0 Å². The van der Waals surface area contributed by atoms with Crippen molar-refractivity contribution in [3.63, 3.8) is 0 Å². The molecule has 1 rings (SSSR count). The van der Waals surface area contributed by atoms with E-state index >= 15 is 0 Å². The highest BCUT2D eigenvalue weighted by Gasteiger charge is 2.08. The molecule has 1 aromatic carbocycles. The van der Waals surface area contributed by atoms with E-state index in [1.165, 1.54) is 6.07 Å². The molecule has 1 nitrogen and oxygen atoms in total. The number of allylic oxidation sites excluding steroid dienone is 2. The van der Waals surface area contributed by atoms with Crippen LogP contribution < -0.4 is 0 Å². The molecule has 0 aliphatic carbocycles. The van der Waals surface area contributed by atoms with Crippen LogP contribution in [0.3, 0.4) is 0 Å². The van der Waals surface area contributed by atoms with Crippen LogP contribution in [0, 0.1) is 0 Å². The van der Waals surface area contributed by atoms with Crippen LogP contribution in [0.1, 0.15) is 19.4 Å². The summed E-state index contributed by atoms with van der Waals surface area (Å²) in [5, 5.41) is 10.4. The molecule has 0 heterocycles. The van der Waals surface area contributed by atoms with Gasteiger partial charge in [0.05, 0.1) is 5.02 Å². The lowest BCUT2D eigenvalue weighted by Gasteiger charge is -2.06. The summed E-state index contributed by atoms with van der Waals surface area (Å²) in [6.45, 7) is 3.78. The Morgan fingerprint density at radius 2 is 2.00 bits per heavy atom. The lowest BCUT2D eigenvalue weighted by Crippen LogP contribution is -1.82. The van der Waals surface area contributed by atoms with E-state index in [0.717, 1.165) is 5.57 Å². The van der Waals surface area contributed by atoms with Gasteiger partial charge in [-0.1, -0.05) is 29.3 Å². The number of phenolic OH excluding ortho intramolecular Hbond substituents is 1. The molecule has 1 N–H and O–H groups in total. The van der Waals surface area contributed by atoms with Gasteiger partial charge in [0.15, 0.2) is 0 Å². The summed E-state index contributed by atoms with van der Waals surface area (Å²) in [4.78, 5) is 0. The van der Waals surface area contributed by atoms with Crippen molar-refractivity contribution in [2.45, 2.75) is 13.8 Å². The normalized spacial score (nSPS) is 11.8. The van der Waals surface area contributed by atoms with Gasteiger partial charge >= 0.3 is 0 Å². The summed E-state index contributed by atoms with van der Waals surface area (Å²) in [5.41, 5.74) is 1.63. The fraction of sp³-hybridized carbons (Fsp3) is 0.200. The molecule has 0 saturated heterocycles. The van der Waals surface area contributed by atoms with E-state index in [2.05, 4.69) is 0 Å². The third-order valence-corrected chi connectivity index (χ3v) is 2.39. The summed E-state index contributed by atoms with van der Waals surface area (Å²) < 4.78 is 0. The minimum atomic E-state index is 0.0849. The van der Waals surface area contributed by atoms with Crippen molar-refractivity contribution < 1.29 is 5.11 Å². The second kappa shape index (κ2) is 4.03. The molecule has 0 aliphatic heterocycles. The topological polar surface area (TPSA) is 20.2 Å². The van der Waals surface area contributed by atoms with Crippen molar-refractivity contribution >= 4 is 28.8 Å². The Hall–Kier alpha value is -0.660. The van der Waals surface area contributed by atoms with Crippen LogP contribution in [0.5, 0.6) is 5.75 Å². The largest absolute Gasteiger partial charge is 0.506 e. The molecule has 1 aromatic rings. The first-order valence-corrected chi connectivity index (χ1v) is 4.63. The monoisotopic (exact) mass is 216 g/mol. The molecule has 0 saturated carbocycles. The predicted molar refractivity (Wildman–Crippen MR) is 57.5 cm³/mol. The Bertz CT molecular complexity index is 356. The molecule has 0 aromatic heterocycles. The fourth-order valence-corrected chi connectivity index (χ4v) is 1.52. The fourth-order valence-electron chi connectivity index (χ4n) is 1.02. The molecule has 13 heavy (non-hydrogen) atoms. The number of phenols is 1. The molecule has 0 spiro atoms. The van der Waals surface area contributed by atoms with Crippen molar-refractivity contribution in [2.75, 3.05) is 0 Å². The molecule has 0 fully saturated rings. The van der Waals surface area contributed by atoms with Crippen LogP contribution in [-0.2, 0) is 0 Å². The van der Waals surface area contributed by atoms with Crippen LogP contribution >= 0.6 is 23.2 Å². The van der Waals surface area contributed by atoms with Gasteiger partial charge in [-0.05, 0) is 31.6 Å². The zero-order valence-corrected chi connectivity index (χ0v) is 8.95. The quantitative estimate of drug-likeness (QED) is 0.749. The van der Waals surface area contributed by atoms with E-state index in [4.69, 9.17) is 23.2 Å². The maximum atomic E-state index is 9.59. The maximum absolute atomic E-state index is 9.59.